The topological polar surface area (TPSA) is 56.8 Å². The van der Waals surface area contributed by atoms with E-state index in [0.717, 1.165) is 25.6 Å². The monoisotopic (exact) mass is 257 g/mol. The van der Waals surface area contributed by atoms with Gasteiger partial charge < -0.3 is 15.2 Å². The molecule has 1 aliphatic rings. The lowest BCUT2D eigenvalue weighted by atomic mass is 10.1. The fourth-order valence-electron chi connectivity index (χ4n) is 2.51. The van der Waals surface area contributed by atoms with Gasteiger partial charge in [-0.15, -0.1) is 0 Å². The summed E-state index contributed by atoms with van der Waals surface area (Å²) in [6.45, 7) is 2.94. The molecule has 2 aromatic rings. The maximum atomic E-state index is 4.33. The summed E-state index contributed by atoms with van der Waals surface area (Å²) < 4.78 is 0. The number of hydrogen-bond acceptors (Lipinski definition) is 4. The molecule has 1 aliphatic heterocycles. The van der Waals surface area contributed by atoms with Crippen LogP contribution < -0.4 is 10.2 Å². The minimum Gasteiger partial charge on any atom is -0.367 e. The van der Waals surface area contributed by atoms with Crippen LogP contribution in [-0.2, 0) is 6.54 Å². The van der Waals surface area contributed by atoms with Gasteiger partial charge in [-0.2, -0.15) is 0 Å². The Balaban J connectivity index is 1.56. The van der Waals surface area contributed by atoms with Crippen molar-refractivity contribution < 1.29 is 0 Å². The number of nitrogens with zero attached hydrogens (tertiary/aromatic N) is 3. The first kappa shape index (κ1) is 12.2. The third kappa shape index (κ3) is 3.12. The molecule has 5 heteroatoms. The predicted octanol–water partition coefficient (Wildman–Crippen LogP) is 1.56. The van der Waals surface area contributed by atoms with Crippen LogP contribution in [0.1, 0.15) is 18.4 Å². The third-order valence-electron chi connectivity index (χ3n) is 3.51. The summed E-state index contributed by atoms with van der Waals surface area (Å²) in [4.78, 5) is 14.0. The first-order chi connectivity index (χ1) is 9.42. The first-order valence-electron chi connectivity index (χ1n) is 6.79. The highest BCUT2D eigenvalue weighted by Gasteiger charge is 2.20. The smallest absolute Gasteiger partial charge is 0.225 e. The van der Waals surface area contributed by atoms with E-state index in [1.165, 1.54) is 18.4 Å². The highest BCUT2D eigenvalue weighted by Crippen LogP contribution is 2.15. The van der Waals surface area contributed by atoms with Gasteiger partial charge in [-0.3, -0.25) is 0 Å². The number of anilines is 1. The number of aromatic amines is 1. The maximum absolute atomic E-state index is 4.33. The van der Waals surface area contributed by atoms with Crippen molar-refractivity contribution in [1.82, 2.24) is 20.3 Å². The Labute approximate surface area is 113 Å². The molecule has 0 spiro atoms. The van der Waals surface area contributed by atoms with Crippen molar-refractivity contribution in [3.8, 4) is 0 Å². The molecule has 100 valence electrons. The van der Waals surface area contributed by atoms with Crippen LogP contribution in [0.5, 0.6) is 0 Å². The normalized spacial score (nSPS) is 19.6. The molecular formula is C14H19N5. The highest BCUT2D eigenvalue weighted by molar-refractivity contribution is 5.29. The zero-order valence-corrected chi connectivity index (χ0v) is 10.9. The van der Waals surface area contributed by atoms with Crippen LogP contribution in [0, 0.1) is 0 Å². The predicted molar refractivity (Wildman–Crippen MR) is 74.9 cm³/mol. The van der Waals surface area contributed by atoms with Gasteiger partial charge in [-0.25, -0.2) is 9.97 Å². The van der Waals surface area contributed by atoms with E-state index >= 15 is 0 Å². The Morgan fingerprint density at radius 2 is 2.26 bits per heavy atom. The van der Waals surface area contributed by atoms with Gasteiger partial charge >= 0.3 is 0 Å². The third-order valence-corrected chi connectivity index (χ3v) is 3.51. The van der Waals surface area contributed by atoms with E-state index in [-0.39, 0.29) is 0 Å². The minimum atomic E-state index is 0.507. The van der Waals surface area contributed by atoms with Crippen LogP contribution in [0.3, 0.4) is 0 Å². The van der Waals surface area contributed by atoms with E-state index in [2.05, 4.69) is 31.2 Å². The van der Waals surface area contributed by atoms with Crippen molar-refractivity contribution in [3.05, 3.63) is 42.5 Å². The number of rotatable bonds is 4. The van der Waals surface area contributed by atoms with Gasteiger partial charge in [0.1, 0.15) is 0 Å². The molecule has 2 aromatic heterocycles. The molecule has 3 heterocycles. The molecule has 0 aromatic carbocycles. The Bertz CT molecular complexity index is 482. The molecule has 1 saturated heterocycles. The van der Waals surface area contributed by atoms with E-state index in [4.69, 9.17) is 0 Å². The fraction of sp³-hybridized carbons (Fsp3) is 0.429. The van der Waals surface area contributed by atoms with Gasteiger partial charge in [0.05, 0.1) is 0 Å². The molecular weight excluding hydrogens is 238 g/mol. The molecule has 1 atom stereocenters. The Morgan fingerprint density at radius 1 is 1.37 bits per heavy atom. The zero-order valence-electron chi connectivity index (χ0n) is 10.9. The van der Waals surface area contributed by atoms with Gasteiger partial charge in [0, 0.05) is 50.5 Å². The summed E-state index contributed by atoms with van der Waals surface area (Å²) in [6, 6.07) is 4.47. The lowest BCUT2D eigenvalue weighted by molar-refractivity contribution is 0.418. The zero-order chi connectivity index (χ0) is 12.9. The van der Waals surface area contributed by atoms with E-state index in [1.807, 2.05) is 18.5 Å². The average molecular weight is 257 g/mol. The summed E-state index contributed by atoms with van der Waals surface area (Å²) in [5.41, 5.74) is 1.30. The molecule has 1 fully saturated rings. The summed E-state index contributed by atoms with van der Waals surface area (Å²) in [5.74, 6) is 0.843. The Morgan fingerprint density at radius 3 is 3.05 bits per heavy atom. The van der Waals surface area contributed by atoms with Crippen LogP contribution in [0.4, 0.5) is 5.95 Å². The van der Waals surface area contributed by atoms with Gasteiger partial charge in [-0.1, -0.05) is 0 Å². The molecule has 0 saturated carbocycles. The molecule has 0 aliphatic carbocycles. The molecule has 5 nitrogen and oxygen atoms in total. The number of piperidine rings is 1. The van der Waals surface area contributed by atoms with E-state index in [0.29, 0.717) is 6.04 Å². The molecule has 2 N–H and O–H groups in total. The SMILES string of the molecule is c1cnc(N2CCCC(NCc3cc[nH]c3)C2)nc1. The van der Waals surface area contributed by atoms with Crippen molar-refractivity contribution in [2.75, 3.05) is 18.0 Å². The van der Waals surface area contributed by atoms with Crippen LogP contribution in [0.15, 0.2) is 36.9 Å². The van der Waals surface area contributed by atoms with Crippen LogP contribution in [0.25, 0.3) is 0 Å². The number of aromatic nitrogens is 3. The highest BCUT2D eigenvalue weighted by atomic mass is 15.3. The van der Waals surface area contributed by atoms with Gasteiger partial charge in [0.15, 0.2) is 0 Å². The Kier molecular flexibility index (Phi) is 3.74. The number of nitrogens with one attached hydrogen (secondary N) is 2. The summed E-state index contributed by atoms with van der Waals surface area (Å²) in [6.07, 6.45) is 10.0. The lowest BCUT2D eigenvalue weighted by Crippen LogP contribution is -2.46. The van der Waals surface area contributed by atoms with Crippen molar-refractivity contribution in [2.45, 2.75) is 25.4 Å². The molecule has 0 bridgehead atoms. The van der Waals surface area contributed by atoms with Crippen LogP contribution in [0.2, 0.25) is 0 Å². The maximum Gasteiger partial charge on any atom is 0.225 e. The second-order valence-corrected chi connectivity index (χ2v) is 4.93. The molecule has 0 radical (unpaired) electrons. The van der Waals surface area contributed by atoms with Crippen LogP contribution >= 0.6 is 0 Å². The van der Waals surface area contributed by atoms with Gasteiger partial charge in [0.2, 0.25) is 5.95 Å². The second kappa shape index (κ2) is 5.84. The van der Waals surface area contributed by atoms with Crippen molar-refractivity contribution >= 4 is 5.95 Å². The molecule has 1 unspecified atom stereocenters. The van der Waals surface area contributed by atoms with Gasteiger partial charge in [-0.05, 0) is 30.5 Å². The van der Waals surface area contributed by atoms with Crippen molar-refractivity contribution in [1.29, 1.82) is 0 Å². The van der Waals surface area contributed by atoms with Crippen LogP contribution in [-0.4, -0.2) is 34.1 Å². The van der Waals surface area contributed by atoms with Crippen molar-refractivity contribution in [3.63, 3.8) is 0 Å². The van der Waals surface area contributed by atoms with Crippen molar-refractivity contribution in [2.24, 2.45) is 0 Å². The summed E-state index contributed by atoms with van der Waals surface area (Å²) in [5, 5.41) is 3.61. The fourth-order valence-corrected chi connectivity index (χ4v) is 2.51. The molecule has 19 heavy (non-hydrogen) atoms. The summed E-state index contributed by atoms with van der Waals surface area (Å²) >= 11 is 0. The van der Waals surface area contributed by atoms with E-state index < -0.39 is 0 Å². The molecule has 3 rings (SSSR count). The second-order valence-electron chi connectivity index (χ2n) is 4.93. The summed E-state index contributed by atoms with van der Waals surface area (Å²) in [7, 11) is 0. The first-order valence-corrected chi connectivity index (χ1v) is 6.79. The Hall–Kier alpha value is -1.88. The standard InChI is InChI=1S/C14H19N5/c1-3-13(18-10-12-4-7-15-9-12)11-19(8-1)14-16-5-2-6-17-14/h2,4-7,9,13,15,18H,1,3,8,10-11H2. The number of H-pyrrole nitrogens is 1. The quantitative estimate of drug-likeness (QED) is 0.873. The van der Waals surface area contributed by atoms with E-state index in [9.17, 15) is 0 Å². The number of hydrogen-bond donors (Lipinski definition) is 2. The average Bonchev–Trinajstić information content (AvgIpc) is 3.00. The lowest BCUT2D eigenvalue weighted by Gasteiger charge is -2.33. The largest absolute Gasteiger partial charge is 0.367 e. The van der Waals surface area contributed by atoms with E-state index in [1.54, 1.807) is 12.4 Å². The molecule has 0 amide bonds. The van der Waals surface area contributed by atoms with Gasteiger partial charge in [0.25, 0.3) is 0 Å². The minimum absolute atomic E-state index is 0.507.